The van der Waals surface area contributed by atoms with Crippen LogP contribution in [0.3, 0.4) is 0 Å². The Hall–Kier alpha value is 0.130. The summed E-state index contributed by atoms with van der Waals surface area (Å²) in [7, 11) is 4.03. The number of carbonyl (C=O) groups is 1. The maximum Gasteiger partial charge on any atom is 0.222 e. The third-order valence-electron chi connectivity index (χ3n) is 3.58. The van der Waals surface area contributed by atoms with Gasteiger partial charge in [0.2, 0.25) is 5.91 Å². The van der Waals surface area contributed by atoms with Gasteiger partial charge in [0.05, 0.1) is 19.3 Å². The Bertz CT molecular complexity index is 270. The monoisotopic (exact) mass is 289 g/mol. The normalized spacial score (nSPS) is 28.6. The molecule has 0 radical (unpaired) electrons. The van der Waals surface area contributed by atoms with Gasteiger partial charge in [-0.25, -0.2) is 0 Å². The molecule has 0 aromatic carbocycles. The highest BCUT2D eigenvalue weighted by Gasteiger charge is 2.23. The van der Waals surface area contributed by atoms with Crippen molar-refractivity contribution in [2.24, 2.45) is 0 Å². The summed E-state index contributed by atoms with van der Waals surface area (Å²) in [6.07, 6.45) is 5.59. The smallest absolute Gasteiger partial charge is 0.222 e. The zero-order valence-corrected chi connectivity index (χ0v) is 12.7. The third kappa shape index (κ3) is 4.35. The van der Waals surface area contributed by atoms with Crippen LogP contribution in [0, 0.1) is 0 Å². The van der Waals surface area contributed by atoms with Crippen LogP contribution in [0.4, 0.5) is 0 Å². The minimum absolute atomic E-state index is 0.257. The van der Waals surface area contributed by atoms with Crippen LogP contribution in [0.1, 0.15) is 39.0 Å². The predicted octanol–water partition coefficient (Wildman–Crippen LogP) is 2.95. The lowest BCUT2D eigenvalue weighted by Gasteiger charge is -2.33. The highest BCUT2D eigenvalue weighted by Crippen LogP contribution is 2.39. The summed E-state index contributed by atoms with van der Waals surface area (Å²) in [6, 6.07) is 0.257. The number of nitrogens with zero attached hydrogens (tertiary/aromatic N) is 1. The molecule has 0 aromatic rings. The van der Waals surface area contributed by atoms with E-state index < -0.39 is 0 Å². The Morgan fingerprint density at radius 1 is 1.44 bits per heavy atom. The van der Waals surface area contributed by atoms with Crippen molar-refractivity contribution in [1.82, 2.24) is 4.90 Å². The van der Waals surface area contributed by atoms with Crippen molar-refractivity contribution in [3.05, 3.63) is 0 Å². The maximum atomic E-state index is 12.1. The number of rotatable bonds is 5. The van der Waals surface area contributed by atoms with Gasteiger partial charge in [-0.2, -0.15) is 0 Å². The first kappa shape index (κ1) is 14.5. The van der Waals surface area contributed by atoms with Crippen molar-refractivity contribution in [3.8, 4) is 0 Å². The number of hydrogen-bond donors (Lipinski definition) is 0. The summed E-state index contributed by atoms with van der Waals surface area (Å²) in [5.74, 6) is 1.62. The molecule has 2 atom stereocenters. The van der Waals surface area contributed by atoms with Crippen LogP contribution >= 0.6 is 21.6 Å². The van der Waals surface area contributed by atoms with Crippen LogP contribution in [0.5, 0.6) is 0 Å². The molecule has 2 aliphatic rings. The van der Waals surface area contributed by atoms with Crippen molar-refractivity contribution in [1.29, 1.82) is 0 Å². The highest BCUT2D eigenvalue weighted by atomic mass is 33.1. The number of ether oxygens (including phenoxy) is 1. The van der Waals surface area contributed by atoms with Crippen LogP contribution in [0.15, 0.2) is 0 Å². The lowest BCUT2D eigenvalue weighted by molar-refractivity contribution is -0.139. The van der Waals surface area contributed by atoms with Crippen molar-refractivity contribution in [2.45, 2.75) is 50.3 Å². The van der Waals surface area contributed by atoms with E-state index in [4.69, 9.17) is 4.74 Å². The molecule has 5 heteroatoms. The zero-order valence-electron chi connectivity index (χ0n) is 11.1. The minimum atomic E-state index is 0.257. The molecular formula is C13H23NO2S2. The van der Waals surface area contributed by atoms with Crippen molar-refractivity contribution in [2.75, 3.05) is 25.5 Å². The van der Waals surface area contributed by atoms with Gasteiger partial charge >= 0.3 is 0 Å². The Balaban J connectivity index is 1.58. The molecule has 2 rings (SSSR count). The third-order valence-corrected chi connectivity index (χ3v) is 6.59. The summed E-state index contributed by atoms with van der Waals surface area (Å²) in [6.45, 7) is 4.24. The van der Waals surface area contributed by atoms with Gasteiger partial charge in [-0.05, 0) is 26.2 Å². The molecule has 2 aliphatic heterocycles. The average Bonchev–Trinajstić information content (AvgIpc) is 2.88. The number of hydrogen-bond acceptors (Lipinski definition) is 4. The first-order valence-corrected chi connectivity index (χ1v) is 9.31. The molecule has 2 heterocycles. The van der Waals surface area contributed by atoms with Gasteiger partial charge in [0.25, 0.3) is 0 Å². The van der Waals surface area contributed by atoms with E-state index in [-0.39, 0.29) is 6.04 Å². The first-order valence-electron chi connectivity index (χ1n) is 6.93. The molecule has 0 aliphatic carbocycles. The molecule has 0 aromatic heterocycles. The molecule has 0 N–H and O–H groups in total. The van der Waals surface area contributed by atoms with Gasteiger partial charge in [0.1, 0.15) is 0 Å². The van der Waals surface area contributed by atoms with Gasteiger partial charge in [0.15, 0.2) is 0 Å². The molecule has 0 saturated carbocycles. The number of morpholine rings is 1. The van der Waals surface area contributed by atoms with E-state index in [0.717, 1.165) is 24.6 Å². The molecule has 104 valence electrons. The second kappa shape index (κ2) is 7.65. The fourth-order valence-electron chi connectivity index (χ4n) is 2.45. The maximum absolute atomic E-state index is 12.1. The van der Waals surface area contributed by atoms with E-state index in [1.807, 2.05) is 26.5 Å². The molecule has 18 heavy (non-hydrogen) atoms. The lowest BCUT2D eigenvalue weighted by atomic mass is 10.1. The van der Waals surface area contributed by atoms with E-state index in [1.54, 1.807) is 0 Å². The Morgan fingerprint density at radius 3 is 3.06 bits per heavy atom. The van der Waals surface area contributed by atoms with Crippen LogP contribution in [-0.2, 0) is 9.53 Å². The quantitative estimate of drug-likeness (QED) is 0.575. The molecule has 0 unspecified atom stereocenters. The van der Waals surface area contributed by atoms with Crippen molar-refractivity contribution >= 4 is 27.5 Å². The molecule has 2 fully saturated rings. The molecule has 0 spiro atoms. The largest absolute Gasteiger partial charge is 0.377 e. The van der Waals surface area contributed by atoms with Gasteiger partial charge in [0, 0.05) is 24.0 Å². The van der Waals surface area contributed by atoms with Crippen molar-refractivity contribution < 1.29 is 9.53 Å². The summed E-state index contributed by atoms with van der Waals surface area (Å²) in [5, 5.41) is 0.840. The van der Waals surface area contributed by atoms with E-state index in [0.29, 0.717) is 19.1 Å². The predicted molar refractivity (Wildman–Crippen MR) is 78.9 cm³/mol. The summed E-state index contributed by atoms with van der Waals surface area (Å²) >= 11 is 0. The summed E-state index contributed by atoms with van der Waals surface area (Å²) < 4.78 is 5.36. The first-order chi connectivity index (χ1) is 8.77. The van der Waals surface area contributed by atoms with E-state index in [2.05, 4.69) is 6.92 Å². The Morgan fingerprint density at radius 2 is 2.33 bits per heavy atom. The van der Waals surface area contributed by atoms with Crippen LogP contribution in [0.25, 0.3) is 0 Å². The average molecular weight is 289 g/mol. The molecular weight excluding hydrogens is 266 g/mol. The van der Waals surface area contributed by atoms with E-state index >= 15 is 0 Å². The minimum Gasteiger partial charge on any atom is -0.377 e. The second-order valence-electron chi connectivity index (χ2n) is 5.09. The Labute approximate surface area is 118 Å². The summed E-state index contributed by atoms with van der Waals surface area (Å²) in [4.78, 5) is 14.1. The summed E-state index contributed by atoms with van der Waals surface area (Å²) in [5.41, 5.74) is 0. The number of carbonyl (C=O) groups excluding carboxylic acids is 1. The number of amides is 1. The number of unbranched alkanes of at least 4 members (excludes halogenated alkanes) is 1. The standard InChI is InChI=1S/C13H23NO2S2/c1-11-10-16-8-7-14(11)13(15)5-3-2-4-12-6-9-17-18-12/h11-12H,2-10H2,1H3/t11-,12-/m0/s1. The van der Waals surface area contributed by atoms with Crippen LogP contribution in [-0.4, -0.2) is 47.6 Å². The molecule has 1 amide bonds. The van der Waals surface area contributed by atoms with E-state index in [1.165, 1.54) is 25.0 Å². The second-order valence-corrected chi connectivity index (χ2v) is 7.87. The van der Waals surface area contributed by atoms with Crippen LogP contribution < -0.4 is 0 Å². The molecule has 2 saturated heterocycles. The highest BCUT2D eigenvalue weighted by molar-refractivity contribution is 8.77. The topological polar surface area (TPSA) is 29.5 Å². The van der Waals surface area contributed by atoms with E-state index in [9.17, 15) is 4.79 Å². The van der Waals surface area contributed by atoms with Gasteiger partial charge < -0.3 is 9.64 Å². The van der Waals surface area contributed by atoms with Crippen LogP contribution in [0.2, 0.25) is 0 Å². The lowest BCUT2D eigenvalue weighted by Crippen LogP contribution is -2.47. The fraction of sp³-hybridized carbons (Fsp3) is 0.923. The van der Waals surface area contributed by atoms with Gasteiger partial charge in [-0.3, -0.25) is 4.79 Å². The van der Waals surface area contributed by atoms with Gasteiger partial charge in [-0.15, -0.1) is 0 Å². The van der Waals surface area contributed by atoms with Gasteiger partial charge in [-0.1, -0.05) is 28.0 Å². The molecule has 3 nitrogen and oxygen atoms in total. The fourth-order valence-corrected chi connectivity index (χ4v) is 5.48. The Kier molecular flexibility index (Phi) is 6.18. The SMILES string of the molecule is C[C@H]1COCCN1C(=O)CCCC[C@H]1CCSS1. The van der Waals surface area contributed by atoms with Crippen molar-refractivity contribution in [3.63, 3.8) is 0 Å². The zero-order chi connectivity index (χ0) is 12.8. The molecule has 0 bridgehead atoms.